The Balaban J connectivity index is 2.13. The molecule has 6 nitrogen and oxygen atoms in total. The van der Waals surface area contributed by atoms with Crippen molar-refractivity contribution in [2.24, 2.45) is 0 Å². The van der Waals surface area contributed by atoms with Gasteiger partial charge in [0.15, 0.2) is 0 Å². The molecular weight excluding hydrogens is 230 g/mol. The molecule has 0 bridgehead atoms. The third-order valence-corrected chi connectivity index (χ3v) is 2.80. The number of H-pyrrole nitrogens is 3. The number of benzene rings is 1. The molecule has 0 aliphatic heterocycles. The molecule has 0 aliphatic carbocycles. The molecule has 3 aromatic rings. The molecule has 3 rings (SSSR count). The Morgan fingerprint density at radius 1 is 1.28 bits per heavy atom. The molecule has 0 saturated heterocycles. The number of nitriles is 1. The first-order valence-corrected chi connectivity index (χ1v) is 5.39. The maximum Gasteiger partial charge on any atom is 0.323 e. The fourth-order valence-electron chi connectivity index (χ4n) is 1.96. The Kier molecular flexibility index (Phi) is 2.24. The van der Waals surface area contributed by atoms with Crippen LogP contribution in [0.5, 0.6) is 0 Å². The highest BCUT2D eigenvalue weighted by molar-refractivity contribution is 5.75. The van der Waals surface area contributed by atoms with Gasteiger partial charge < -0.3 is 15.0 Å². The van der Waals surface area contributed by atoms with Crippen LogP contribution in [0.15, 0.2) is 35.4 Å². The van der Waals surface area contributed by atoms with Crippen molar-refractivity contribution in [3.05, 3.63) is 52.5 Å². The number of aromatic nitrogens is 4. The molecule has 0 spiro atoms. The Morgan fingerprint density at radius 2 is 2.11 bits per heavy atom. The van der Waals surface area contributed by atoms with Gasteiger partial charge in [0.25, 0.3) is 0 Å². The monoisotopic (exact) mass is 239 g/mol. The normalized spacial score (nSPS) is 12.4. The molecule has 0 amide bonds. The summed E-state index contributed by atoms with van der Waals surface area (Å²) in [5.74, 6) is 0.123. The van der Waals surface area contributed by atoms with Crippen molar-refractivity contribution < 1.29 is 0 Å². The third-order valence-electron chi connectivity index (χ3n) is 2.80. The highest BCUT2D eigenvalue weighted by Gasteiger charge is 2.16. The first-order chi connectivity index (χ1) is 8.78. The summed E-state index contributed by atoms with van der Waals surface area (Å²) in [7, 11) is 0. The summed E-state index contributed by atoms with van der Waals surface area (Å²) in [6.07, 6.45) is 3.28. The Labute approximate surface area is 101 Å². The molecule has 0 radical (unpaired) electrons. The topological polar surface area (TPSA) is 101 Å². The Bertz CT molecular complexity index is 775. The maximum atomic E-state index is 11.2. The van der Waals surface area contributed by atoms with Gasteiger partial charge in [0.2, 0.25) is 0 Å². The van der Waals surface area contributed by atoms with E-state index in [1.165, 1.54) is 0 Å². The van der Waals surface area contributed by atoms with Crippen molar-refractivity contribution in [1.29, 1.82) is 5.26 Å². The number of rotatable bonds is 2. The first-order valence-electron chi connectivity index (χ1n) is 5.39. The largest absolute Gasteiger partial charge is 0.347 e. The van der Waals surface area contributed by atoms with Crippen molar-refractivity contribution >= 4 is 11.0 Å². The zero-order chi connectivity index (χ0) is 12.5. The van der Waals surface area contributed by atoms with Crippen molar-refractivity contribution in [3.63, 3.8) is 0 Å². The molecule has 0 aliphatic rings. The summed E-state index contributed by atoms with van der Waals surface area (Å²) in [5.41, 5.74) is 1.94. The number of hydrogen-bond donors (Lipinski definition) is 3. The van der Waals surface area contributed by atoms with Crippen LogP contribution in [0.2, 0.25) is 0 Å². The number of hydrogen-bond acceptors (Lipinski definition) is 3. The summed E-state index contributed by atoms with van der Waals surface area (Å²) in [6.45, 7) is 0. The average molecular weight is 239 g/mol. The molecule has 2 heterocycles. The lowest BCUT2D eigenvalue weighted by atomic mass is 9.99. The van der Waals surface area contributed by atoms with Crippen LogP contribution in [0.4, 0.5) is 0 Å². The minimum Gasteiger partial charge on any atom is -0.347 e. The second kappa shape index (κ2) is 3.89. The van der Waals surface area contributed by atoms with Gasteiger partial charge in [0.05, 0.1) is 17.1 Å². The summed E-state index contributed by atoms with van der Waals surface area (Å²) in [4.78, 5) is 23.5. The predicted molar refractivity (Wildman–Crippen MR) is 65.0 cm³/mol. The number of nitrogens with zero attached hydrogens (tertiary/aromatic N) is 2. The van der Waals surface area contributed by atoms with E-state index in [0.29, 0.717) is 11.3 Å². The molecule has 1 aromatic carbocycles. The fraction of sp³-hybridized carbons (Fsp3) is 0.0833. The van der Waals surface area contributed by atoms with Gasteiger partial charge in [-0.15, -0.1) is 0 Å². The van der Waals surface area contributed by atoms with Gasteiger partial charge in [-0.25, -0.2) is 9.78 Å². The molecule has 1 atom stereocenters. The molecule has 88 valence electrons. The average Bonchev–Trinajstić information content (AvgIpc) is 2.97. The van der Waals surface area contributed by atoms with Crippen LogP contribution < -0.4 is 5.69 Å². The van der Waals surface area contributed by atoms with Gasteiger partial charge in [-0.2, -0.15) is 5.26 Å². The second-order valence-electron chi connectivity index (χ2n) is 3.92. The van der Waals surface area contributed by atoms with E-state index >= 15 is 0 Å². The SMILES string of the molecule is N#CC(c1ccc2[nH]c(=O)[nH]c2c1)c1ncc[nH]1. The molecule has 2 aromatic heterocycles. The van der Waals surface area contributed by atoms with Crippen LogP contribution >= 0.6 is 0 Å². The lowest BCUT2D eigenvalue weighted by Crippen LogP contribution is -2.00. The molecule has 3 N–H and O–H groups in total. The van der Waals surface area contributed by atoms with Crippen molar-refractivity contribution in [2.75, 3.05) is 0 Å². The number of nitrogens with one attached hydrogen (secondary N) is 3. The molecule has 0 saturated carbocycles. The van der Waals surface area contributed by atoms with E-state index in [9.17, 15) is 10.1 Å². The van der Waals surface area contributed by atoms with Gasteiger partial charge in [-0.1, -0.05) is 6.07 Å². The van der Waals surface area contributed by atoms with Crippen molar-refractivity contribution in [3.8, 4) is 6.07 Å². The maximum absolute atomic E-state index is 11.2. The third kappa shape index (κ3) is 1.58. The first kappa shape index (κ1) is 10.4. The molecular formula is C12H9N5O. The van der Waals surface area contributed by atoms with Gasteiger partial charge in [-0.3, -0.25) is 0 Å². The van der Waals surface area contributed by atoms with Gasteiger partial charge >= 0.3 is 5.69 Å². The predicted octanol–water partition coefficient (Wildman–Crippen LogP) is 1.23. The fourth-order valence-corrected chi connectivity index (χ4v) is 1.96. The minimum atomic E-state index is -0.470. The second-order valence-corrected chi connectivity index (χ2v) is 3.92. The number of aromatic amines is 3. The highest BCUT2D eigenvalue weighted by Crippen LogP contribution is 2.23. The Morgan fingerprint density at radius 3 is 2.83 bits per heavy atom. The van der Waals surface area contributed by atoms with E-state index in [0.717, 1.165) is 11.1 Å². The van der Waals surface area contributed by atoms with Crippen molar-refractivity contribution in [2.45, 2.75) is 5.92 Å². The van der Waals surface area contributed by atoms with E-state index in [1.54, 1.807) is 24.5 Å². The summed E-state index contributed by atoms with van der Waals surface area (Å²) in [6, 6.07) is 7.56. The van der Waals surface area contributed by atoms with Crippen LogP contribution in [-0.4, -0.2) is 19.9 Å². The molecule has 18 heavy (non-hydrogen) atoms. The molecule has 1 unspecified atom stereocenters. The zero-order valence-electron chi connectivity index (χ0n) is 9.27. The lowest BCUT2D eigenvalue weighted by molar-refractivity contribution is 0.928. The van der Waals surface area contributed by atoms with E-state index in [4.69, 9.17) is 0 Å². The highest BCUT2D eigenvalue weighted by atomic mass is 16.1. The summed E-state index contributed by atoms with van der Waals surface area (Å²) in [5, 5.41) is 9.24. The standard InChI is InChI=1S/C12H9N5O/c13-6-8(11-14-3-4-15-11)7-1-2-9-10(5-7)17-12(18)16-9/h1-5,8H,(H,14,15)(H2,16,17,18). The molecule has 6 heteroatoms. The van der Waals surface area contributed by atoms with Crippen LogP contribution in [0.25, 0.3) is 11.0 Å². The number of fused-ring (bicyclic) bond motifs is 1. The summed E-state index contributed by atoms with van der Waals surface area (Å²) >= 11 is 0. The van der Waals surface area contributed by atoms with Gasteiger partial charge in [0, 0.05) is 12.4 Å². The van der Waals surface area contributed by atoms with Crippen LogP contribution in [0, 0.1) is 11.3 Å². The Hall–Kier alpha value is -2.81. The van der Waals surface area contributed by atoms with Gasteiger partial charge in [-0.05, 0) is 17.7 Å². The summed E-state index contributed by atoms with van der Waals surface area (Å²) < 4.78 is 0. The number of imidazole rings is 2. The molecule has 0 fully saturated rings. The van der Waals surface area contributed by atoms with E-state index in [-0.39, 0.29) is 5.69 Å². The van der Waals surface area contributed by atoms with Crippen LogP contribution in [-0.2, 0) is 0 Å². The zero-order valence-corrected chi connectivity index (χ0v) is 9.27. The minimum absolute atomic E-state index is 0.256. The van der Waals surface area contributed by atoms with E-state index < -0.39 is 5.92 Å². The van der Waals surface area contributed by atoms with Crippen LogP contribution in [0.3, 0.4) is 0 Å². The van der Waals surface area contributed by atoms with E-state index in [1.807, 2.05) is 6.07 Å². The van der Waals surface area contributed by atoms with Crippen LogP contribution in [0.1, 0.15) is 17.3 Å². The quantitative estimate of drug-likeness (QED) is 0.626. The van der Waals surface area contributed by atoms with Crippen molar-refractivity contribution in [1.82, 2.24) is 19.9 Å². The smallest absolute Gasteiger partial charge is 0.323 e. The van der Waals surface area contributed by atoms with E-state index in [2.05, 4.69) is 26.0 Å². The van der Waals surface area contributed by atoms with Gasteiger partial charge in [0.1, 0.15) is 11.7 Å². The lowest BCUT2D eigenvalue weighted by Gasteiger charge is -2.06.